The van der Waals surface area contributed by atoms with E-state index in [4.69, 9.17) is 0 Å². The quantitative estimate of drug-likeness (QED) is 0.847. The van der Waals surface area contributed by atoms with Gasteiger partial charge >= 0.3 is 0 Å². The minimum atomic E-state index is -0.819. The van der Waals surface area contributed by atoms with E-state index in [2.05, 4.69) is 15.6 Å². The number of carbonyl (C=O) groups is 2. The molecule has 0 saturated carbocycles. The SMILES string of the molecule is Cc1cc2c(cc1C)NC(=O)[C@H](NC(=O)/C=C\c1ccccc1)C=N2. The molecule has 3 rings (SSSR count). The first kappa shape index (κ1) is 16.6. The van der Waals surface area contributed by atoms with Crippen molar-refractivity contribution in [3.63, 3.8) is 0 Å². The summed E-state index contributed by atoms with van der Waals surface area (Å²) in [6.07, 6.45) is 4.57. The molecule has 0 spiro atoms. The monoisotopic (exact) mass is 333 g/mol. The number of aliphatic imine (C=N–C) groups is 1. The summed E-state index contributed by atoms with van der Waals surface area (Å²) < 4.78 is 0. The van der Waals surface area contributed by atoms with Crippen LogP contribution < -0.4 is 10.6 Å². The van der Waals surface area contributed by atoms with Crippen molar-refractivity contribution in [2.75, 3.05) is 5.32 Å². The number of nitrogens with zero attached hydrogens (tertiary/aromatic N) is 1. The first-order valence-electron chi connectivity index (χ1n) is 8.03. The van der Waals surface area contributed by atoms with Crippen LogP contribution in [0.1, 0.15) is 16.7 Å². The fourth-order valence-electron chi connectivity index (χ4n) is 2.48. The number of amides is 2. The highest BCUT2D eigenvalue weighted by Crippen LogP contribution is 2.29. The topological polar surface area (TPSA) is 70.6 Å². The zero-order valence-electron chi connectivity index (χ0n) is 14.1. The van der Waals surface area contributed by atoms with Gasteiger partial charge in [-0.25, -0.2) is 0 Å². The van der Waals surface area contributed by atoms with Crippen LogP contribution in [0.15, 0.2) is 53.5 Å². The second-order valence-electron chi connectivity index (χ2n) is 5.95. The van der Waals surface area contributed by atoms with Crippen molar-refractivity contribution in [1.29, 1.82) is 0 Å². The van der Waals surface area contributed by atoms with Gasteiger partial charge in [0.2, 0.25) is 5.91 Å². The Morgan fingerprint density at radius 3 is 2.64 bits per heavy atom. The molecule has 25 heavy (non-hydrogen) atoms. The maximum atomic E-state index is 12.3. The van der Waals surface area contributed by atoms with E-state index in [1.807, 2.05) is 56.3 Å². The van der Waals surface area contributed by atoms with Gasteiger partial charge in [-0.1, -0.05) is 30.3 Å². The average Bonchev–Trinajstić information content (AvgIpc) is 2.74. The molecule has 0 aromatic heterocycles. The molecule has 2 amide bonds. The first-order valence-corrected chi connectivity index (χ1v) is 8.03. The molecular weight excluding hydrogens is 314 g/mol. The van der Waals surface area contributed by atoms with E-state index in [0.717, 1.165) is 16.7 Å². The van der Waals surface area contributed by atoms with E-state index in [1.165, 1.54) is 12.3 Å². The lowest BCUT2D eigenvalue weighted by Crippen LogP contribution is -2.43. The number of rotatable bonds is 3. The molecule has 0 radical (unpaired) electrons. The van der Waals surface area contributed by atoms with Crippen molar-refractivity contribution in [1.82, 2.24) is 5.32 Å². The zero-order valence-corrected chi connectivity index (χ0v) is 14.1. The summed E-state index contributed by atoms with van der Waals surface area (Å²) in [7, 11) is 0. The molecule has 0 fully saturated rings. The van der Waals surface area contributed by atoms with Crippen LogP contribution in [0.4, 0.5) is 11.4 Å². The molecule has 2 aromatic carbocycles. The highest BCUT2D eigenvalue weighted by atomic mass is 16.2. The standard InChI is InChI=1S/C20H19N3O2/c1-13-10-16-17(11-14(13)2)23-20(25)18(12-21-16)22-19(24)9-8-15-6-4-3-5-7-15/h3-12,18H,1-2H3,(H,22,24)(H,23,25)/b9-8-/t18-/m1/s1. The Balaban J connectivity index is 1.71. The molecule has 5 heteroatoms. The highest BCUT2D eigenvalue weighted by Gasteiger charge is 2.22. The van der Waals surface area contributed by atoms with Crippen molar-refractivity contribution in [2.24, 2.45) is 4.99 Å². The van der Waals surface area contributed by atoms with Crippen LogP contribution in [-0.2, 0) is 9.59 Å². The Morgan fingerprint density at radius 2 is 1.88 bits per heavy atom. The van der Waals surface area contributed by atoms with Gasteiger partial charge in [0.05, 0.1) is 11.4 Å². The van der Waals surface area contributed by atoms with Gasteiger partial charge in [0.25, 0.3) is 5.91 Å². The molecule has 2 N–H and O–H groups in total. The first-order chi connectivity index (χ1) is 12.0. The lowest BCUT2D eigenvalue weighted by atomic mass is 10.1. The Bertz CT molecular complexity index is 870. The normalized spacial score (nSPS) is 16.2. The fourth-order valence-corrected chi connectivity index (χ4v) is 2.48. The number of benzene rings is 2. The predicted molar refractivity (Wildman–Crippen MR) is 100 cm³/mol. The molecule has 1 aliphatic heterocycles. The van der Waals surface area contributed by atoms with Crippen molar-refractivity contribution in [3.05, 3.63) is 65.2 Å². The lowest BCUT2D eigenvalue weighted by Gasteiger charge is -2.12. The van der Waals surface area contributed by atoms with E-state index < -0.39 is 6.04 Å². The van der Waals surface area contributed by atoms with Gasteiger partial charge in [0.1, 0.15) is 6.04 Å². The third-order valence-corrected chi connectivity index (χ3v) is 4.04. The number of carbonyl (C=O) groups excluding carboxylic acids is 2. The molecule has 1 aliphatic rings. The fraction of sp³-hybridized carbons (Fsp3) is 0.150. The molecule has 0 bridgehead atoms. The molecule has 2 aromatic rings. The summed E-state index contributed by atoms with van der Waals surface area (Å²) >= 11 is 0. The van der Waals surface area contributed by atoms with Gasteiger partial charge in [-0.15, -0.1) is 0 Å². The molecule has 5 nitrogen and oxygen atoms in total. The maximum absolute atomic E-state index is 12.3. The van der Waals surface area contributed by atoms with Crippen molar-refractivity contribution in [2.45, 2.75) is 19.9 Å². The summed E-state index contributed by atoms with van der Waals surface area (Å²) in [6, 6.07) is 12.5. The number of hydrogen-bond donors (Lipinski definition) is 2. The van der Waals surface area contributed by atoms with Gasteiger partial charge in [-0.05, 0) is 48.7 Å². The van der Waals surface area contributed by atoms with Gasteiger partial charge in [0, 0.05) is 12.3 Å². The molecular formula is C20H19N3O2. The third-order valence-electron chi connectivity index (χ3n) is 4.04. The van der Waals surface area contributed by atoms with Gasteiger partial charge in [0.15, 0.2) is 0 Å². The van der Waals surface area contributed by atoms with Crippen LogP contribution in [0.2, 0.25) is 0 Å². The van der Waals surface area contributed by atoms with Crippen molar-refractivity contribution >= 4 is 35.5 Å². The Kier molecular flexibility index (Phi) is 4.75. The summed E-state index contributed by atoms with van der Waals surface area (Å²) in [4.78, 5) is 28.8. The molecule has 0 aliphatic carbocycles. The minimum absolute atomic E-state index is 0.313. The lowest BCUT2D eigenvalue weighted by molar-refractivity contribution is -0.122. The van der Waals surface area contributed by atoms with E-state index >= 15 is 0 Å². The summed E-state index contributed by atoms with van der Waals surface area (Å²) in [5, 5.41) is 5.47. The van der Waals surface area contributed by atoms with Gasteiger partial charge in [-0.2, -0.15) is 0 Å². The number of anilines is 1. The summed E-state index contributed by atoms with van der Waals surface area (Å²) in [5.74, 6) is -0.666. The average molecular weight is 333 g/mol. The number of hydrogen-bond acceptors (Lipinski definition) is 3. The molecule has 0 unspecified atom stereocenters. The van der Waals surface area contributed by atoms with Gasteiger partial charge in [-0.3, -0.25) is 14.6 Å². The van der Waals surface area contributed by atoms with Crippen LogP contribution in [0.25, 0.3) is 6.08 Å². The molecule has 1 atom stereocenters. The van der Waals surface area contributed by atoms with Crippen LogP contribution in [-0.4, -0.2) is 24.1 Å². The summed E-state index contributed by atoms with van der Waals surface area (Å²) in [5.41, 5.74) is 4.42. The van der Waals surface area contributed by atoms with E-state index in [9.17, 15) is 9.59 Å². The largest absolute Gasteiger partial charge is 0.336 e. The molecule has 126 valence electrons. The maximum Gasteiger partial charge on any atom is 0.252 e. The number of aryl methyl sites for hydroxylation is 2. The van der Waals surface area contributed by atoms with E-state index in [0.29, 0.717) is 11.4 Å². The molecule has 0 saturated heterocycles. The smallest absolute Gasteiger partial charge is 0.252 e. The van der Waals surface area contributed by atoms with Crippen molar-refractivity contribution < 1.29 is 9.59 Å². The second kappa shape index (κ2) is 7.13. The number of nitrogens with one attached hydrogen (secondary N) is 2. The predicted octanol–water partition coefficient (Wildman–Crippen LogP) is 3.16. The second-order valence-corrected chi connectivity index (χ2v) is 5.95. The highest BCUT2D eigenvalue weighted by molar-refractivity contribution is 6.11. The van der Waals surface area contributed by atoms with Crippen LogP contribution in [0, 0.1) is 13.8 Å². The Hall–Kier alpha value is -3.21. The van der Waals surface area contributed by atoms with Crippen LogP contribution >= 0.6 is 0 Å². The molecule has 1 heterocycles. The van der Waals surface area contributed by atoms with Crippen LogP contribution in [0.5, 0.6) is 0 Å². The zero-order chi connectivity index (χ0) is 17.8. The van der Waals surface area contributed by atoms with Crippen molar-refractivity contribution in [3.8, 4) is 0 Å². The Morgan fingerprint density at radius 1 is 1.16 bits per heavy atom. The van der Waals surface area contributed by atoms with Crippen LogP contribution in [0.3, 0.4) is 0 Å². The minimum Gasteiger partial charge on any atom is -0.336 e. The third kappa shape index (κ3) is 4.01. The Labute approximate surface area is 146 Å². The van der Waals surface area contributed by atoms with Gasteiger partial charge < -0.3 is 10.6 Å². The van der Waals surface area contributed by atoms with E-state index in [-0.39, 0.29) is 11.8 Å². The summed E-state index contributed by atoms with van der Waals surface area (Å²) in [6.45, 7) is 3.97. The van der Waals surface area contributed by atoms with E-state index in [1.54, 1.807) is 6.08 Å². The number of fused-ring (bicyclic) bond motifs is 1.